The average Bonchev–Trinajstić information content (AvgIpc) is 2.67. The second-order valence-corrected chi connectivity index (χ2v) is 6.03. The molecule has 2 rings (SSSR count). The molecule has 0 radical (unpaired) electrons. The van der Waals surface area contributed by atoms with Crippen molar-refractivity contribution in [3.63, 3.8) is 0 Å². The van der Waals surface area contributed by atoms with Gasteiger partial charge in [0, 0.05) is 12.1 Å². The van der Waals surface area contributed by atoms with Crippen LogP contribution in [0.15, 0.2) is 48.5 Å². The van der Waals surface area contributed by atoms with Crippen LogP contribution in [-0.4, -0.2) is 30.4 Å². The number of amides is 2. The van der Waals surface area contributed by atoms with Gasteiger partial charge in [-0.05, 0) is 43.2 Å². The molecule has 2 amide bonds. The van der Waals surface area contributed by atoms with Gasteiger partial charge in [-0.1, -0.05) is 30.3 Å². The quantitative estimate of drug-likeness (QED) is 0.729. The predicted molar refractivity (Wildman–Crippen MR) is 97.3 cm³/mol. The van der Waals surface area contributed by atoms with Crippen molar-refractivity contribution in [2.24, 2.45) is 0 Å². The van der Waals surface area contributed by atoms with Crippen LogP contribution in [0.2, 0.25) is 0 Å². The molecular weight excluding hydrogens is 351 g/mol. The van der Waals surface area contributed by atoms with Gasteiger partial charge >= 0.3 is 5.97 Å². The molecule has 0 spiro atoms. The predicted octanol–water partition coefficient (Wildman–Crippen LogP) is 2.11. The lowest BCUT2D eigenvalue weighted by Crippen LogP contribution is -2.40. The maximum absolute atomic E-state index is 13.5. The number of halogens is 1. The van der Waals surface area contributed by atoms with Gasteiger partial charge in [-0.3, -0.25) is 9.59 Å². The van der Waals surface area contributed by atoms with Gasteiger partial charge in [-0.2, -0.15) is 0 Å². The molecule has 0 fully saturated rings. The normalized spacial score (nSPS) is 11.4. The molecule has 142 valence electrons. The van der Waals surface area contributed by atoms with Crippen molar-refractivity contribution < 1.29 is 23.5 Å². The summed E-state index contributed by atoms with van der Waals surface area (Å²) in [6.07, 6.45) is 0. The Morgan fingerprint density at radius 3 is 2.48 bits per heavy atom. The van der Waals surface area contributed by atoms with Gasteiger partial charge in [0.15, 0.2) is 6.61 Å². The van der Waals surface area contributed by atoms with E-state index in [2.05, 4.69) is 10.6 Å². The van der Waals surface area contributed by atoms with E-state index in [-0.39, 0.29) is 12.4 Å². The van der Waals surface area contributed by atoms with Gasteiger partial charge in [0.1, 0.15) is 11.9 Å². The molecule has 0 aromatic heterocycles. The summed E-state index contributed by atoms with van der Waals surface area (Å²) in [5.74, 6) is -2.01. The molecule has 0 aliphatic carbocycles. The minimum absolute atomic E-state index is 0.119. The number of nitrogens with one attached hydrogen (secondary N) is 2. The number of benzene rings is 2. The Labute approximate surface area is 156 Å². The summed E-state index contributed by atoms with van der Waals surface area (Å²) >= 11 is 0. The first-order chi connectivity index (χ1) is 12.9. The molecular formula is C20H21FN2O4. The van der Waals surface area contributed by atoms with Crippen LogP contribution in [0.25, 0.3) is 0 Å². The lowest BCUT2D eigenvalue weighted by atomic mass is 10.1. The zero-order valence-corrected chi connectivity index (χ0v) is 15.1. The Morgan fingerprint density at radius 2 is 1.81 bits per heavy atom. The third-order valence-corrected chi connectivity index (χ3v) is 3.81. The lowest BCUT2D eigenvalue weighted by molar-refractivity contribution is -0.150. The van der Waals surface area contributed by atoms with Crippen molar-refractivity contribution in [3.05, 3.63) is 71.0 Å². The number of aryl methyl sites for hydroxylation is 1. The largest absolute Gasteiger partial charge is 0.454 e. The van der Waals surface area contributed by atoms with Crippen molar-refractivity contribution in [1.82, 2.24) is 10.6 Å². The molecule has 27 heavy (non-hydrogen) atoms. The Hall–Kier alpha value is -3.22. The number of ether oxygens (including phenoxy) is 1. The van der Waals surface area contributed by atoms with E-state index in [1.165, 1.54) is 13.0 Å². The summed E-state index contributed by atoms with van der Waals surface area (Å²) in [5.41, 5.74) is 1.53. The van der Waals surface area contributed by atoms with Gasteiger partial charge in [-0.25, -0.2) is 9.18 Å². The maximum Gasteiger partial charge on any atom is 0.328 e. The Morgan fingerprint density at radius 1 is 1.11 bits per heavy atom. The molecule has 1 atom stereocenters. The van der Waals surface area contributed by atoms with E-state index in [1.54, 1.807) is 49.4 Å². The topological polar surface area (TPSA) is 84.5 Å². The van der Waals surface area contributed by atoms with Crippen molar-refractivity contribution in [2.45, 2.75) is 26.4 Å². The standard InChI is InChI=1S/C20H21FN2O4/c1-13-8-9-15(10-17(13)21)11-22-18(24)12-27-20(26)14(2)23-19(25)16-6-4-3-5-7-16/h3-10,14H,11-12H2,1-2H3,(H,22,24)(H,23,25)/t14-/m0/s1. The van der Waals surface area contributed by atoms with E-state index in [0.29, 0.717) is 16.7 Å². The molecule has 0 heterocycles. The van der Waals surface area contributed by atoms with Crippen molar-refractivity contribution in [3.8, 4) is 0 Å². The molecule has 0 saturated carbocycles. The van der Waals surface area contributed by atoms with Gasteiger partial charge in [0.2, 0.25) is 0 Å². The van der Waals surface area contributed by atoms with E-state index >= 15 is 0 Å². The zero-order chi connectivity index (χ0) is 19.8. The van der Waals surface area contributed by atoms with E-state index in [1.807, 2.05) is 0 Å². The lowest BCUT2D eigenvalue weighted by Gasteiger charge is -2.13. The van der Waals surface area contributed by atoms with Crippen LogP contribution in [0, 0.1) is 12.7 Å². The number of esters is 1. The smallest absolute Gasteiger partial charge is 0.328 e. The van der Waals surface area contributed by atoms with Crippen LogP contribution in [0.5, 0.6) is 0 Å². The Balaban J connectivity index is 1.74. The van der Waals surface area contributed by atoms with E-state index in [9.17, 15) is 18.8 Å². The van der Waals surface area contributed by atoms with Crippen molar-refractivity contribution in [2.75, 3.05) is 6.61 Å². The fourth-order valence-corrected chi connectivity index (χ4v) is 2.19. The van der Waals surface area contributed by atoms with Crippen molar-refractivity contribution in [1.29, 1.82) is 0 Å². The number of hydrogen-bond acceptors (Lipinski definition) is 4. The fraction of sp³-hybridized carbons (Fsp3) is 0.250. The molecule has 7 heteroatoms. The molecule has 2 aromatic rings. The summed E-state index contributed by atoms with van der Waals surface area (Å²) in [6.45, 7) is 2.75. The third-order valence-electron chi connectivity index (χ3n) is 3.81. The highest BCUT2D eigenvalue weighted by molar-refractivity contribution is 5.96. The molecule has 0 saturated heterocycles. The maximum atomic E-state index is 13.5. The highest BCUT2D eigenvalue weighted by Gasteiger charge is 2.19. The SMILES string of the molecule is Cc1ccc(CNC(=O)COC(=O)[C@H](C)NC(=O)c2ccccc2)cc1F. The van der Waals surface area contributed by atoms with Gasteiger partial charge < -0.3 is 15.4 Å². The molecule has 2 N–H and O–H groups in total. The van der Waals surface area contributed by atoms with Crippen LogP contribution < -0.4 is 10.6 Å². The highest BCUT2D eigenvalue weighted by atomic mass is 19.1. The van der Waals surface area contributed by atoms with Crippen LogP contribution in [-0.2, 0) is 20.9 Å². The van der Waals surface area contributed by atoms with E-state index in [4.69, 9.17) is 4.74 Å². The average molecular weight is 372 g/mol. The molecule has 2 aromatic carbocycles. The van der Waals surface area contributed by atoms with Gasteiger partial charge in [-0.15, -0.1) is 0 Å². The third kappa shape index (κ3) is 6.22. The van der Waals surface area contributed by atoms with Crippen LogP contribution in [0.3, 0.4) is 0 Å². The first-order valence-corrected chi connectivity index (χ1v) is 8.41. The number of carbonyl (C=O) groups is 3. The second-order valence-electron chi connectivity index (χ2n) is 6.03. The number of rotatable bonds is 7. The molecule has 0 aliphatic heterocycles. The summed E-state index contributed by atoms with van der Waals surface area (Å²) in [5, 5.41) is 5.04. The van der Waals surface area contributed by atoms with Crippen LogP contribution >= 0.6 is 0 Å². The fourth-order valence-electron chi connectivity index (χ4n) is 2.19. The minimum Gasteiger partial charge on any atom is -0.454 e. The zero-order valence-electron chi connectivity index (χ0n) is 15.1. The summed E-state index contributed by atoms with van der Waals surface area (Å²) in [6, 6.07) is 12.2. The van der Waals surface area contributed by atoms with Gasteiger partial charge in [0.05, 0.1) is 0 Å². The molecule has 0 aliphatic rings. The Bertz CT molecular complexity index is 824. The van der Waals surface area contributed by atoms with Crippen LogP contribution in [0.4, 0.5) is 4.39 Å². The monoisotopic (exact) mass is 372 g/mol. The van der Waals surface area contributed by atoms with Crippen molar-refractivity contribution >= 4 is 17.8 Å². The first kappa shape index (κ1) is 20.1. The van der Waals surface area contributed by atoms with E-state index < -0.39 is 30.4 Å². The summed E-state index contributed by atoms with van der Waals surface area (Å²) in [7, 11) is 0. The molecule has 0 bridgehead atoms. The number of carbonyl (C=O) groups excluding carboxylic acids is 3. The van der Waals surface area contributed by atoms with E-state index in [0.717, 1.165) is 0 Å². The van der Waals surface area contributed by atoms with Crippen LogP contribution in [0.1, 0.15) is 28.4 Å². The second kappa shape index (κ2) is 9.47. The minimum atomic E-state index is -0.906. The summed E-state index contributed by atoms with van der Waals surface area (Å²) < 4.78 is 18.4. The van der Waals surface area contributed by atoms with Gasteiger partial charge in [0.25, 0.3) is 11.8 Å². The molecule has 0 unspecified atom stereocenters. The molecule has 6 nitrogen and oxygen atoms in total. The Kier molecular flexibility index (Phi) is 7.05. The highest BCUT2D eigenvalue weighted by Crippen LogP contribution is 2.08. The summed E-state index contributed by atoms with van der Waals surface area (Å²) in [4.78, 5) is 35.7. The first-order valence-electron chi connectivity index (χ1n) is 8.41. The number of hydrogen-bond donors (Lipinski definition) is 2.